The lowest BCUT2D eigenvalue weighted by Gasteiger charge is -2.35. The molecule has 9 rings (SSSR count). The smallest absolute Gasteiger partial charge is 0.136 e. The van der Waals surface area contributed by atoms with Gasteiger partial charge in [-0.05, 0) is 86.8 Å². The Bertz CT molecular complexity index is 2130. The highest BCUT2D eigenvalue weighted by Gasteiger charge is 2.50. The summed E-state index contributed by atoms with van der Waals surface area (Å²) in [4.78, 5) is 0. The van der Waals surface area contributed by atoms with E-state index in [0.29, 0.717) is 0 Å². The molecule has 0 N–H and O–H groups in total. The van der Waals surface area contributed by atoms with Crippen molar-refractivity contribution in [2.45, 2.75) is 12.3 Å². The molecule has 1 heterocycles. The number of fused-ring (bicyclic) bond motifs is 16. The average molecular weight is 576 g/mol. The highest BCUT2D eigenvalue weighted by Crippen LogP contribution is 2.63. The standard InChI is InChI=1S/C38H23BrO/c1-22-14-16-26-24-8-2-3-9-25(24)27-17-15-23(39)21-33(27)38(32(26)20-22)30-12-6-4-10-28(30)36-31(38)18-19-35-37(36)29-11-5-7-13-34(29)40-35/h2-21H,1H3. The van der Waals surface area contributed by atoms with Crippen molar-refractivity contribution in [3.05, 3.63) is 154 Å². The van der Waals surface area contributed by atoms with Crippen LogP contribution in [0.2, 0.25) is 0 Å². The minimum Gasteiger partial charge on any atom is -0.456 e. The fourth-order valence-electron chi connectivity index (χ4n) is 7.53. The lowest BCUT2D eigenvalue weighted by atomic mass is 9.65. The van der Waals surface area contributed by atoms with Gasteiger partial charge >= 0.3 is 0 Å². The lowest BCUT2D eigenvalue weighted by molar-refractivity contribution is 0.668. The van der Waals surface area contributed by atoms with E-state index in [1.165, 1.54) is 66.6 Å². The molecule has 0 fully saturated rings. The van der Waals surface area contributed by atoms with Crippen LogP contribution >= 0.6 is 15.9 Å². The maximum atomic E-state index is 6.41. The van der Waals surface area contributed by atoms with Gasteiger partial charge in [0.2, 0.25) is 0 Å². The van der Waals surface area contributed by atoms with Crippen molar-refractivity contribution in [3.8, 4) is 33.4 Å². The number of para-hydroxylation sites is 1. The molecular formula is C38H23BrO. The molecule has 1 atom stereocenters. The molecule has 7 aromatic rings. The van der Waals surface area contributed by atoms with E-state index in [1.54, 1.807) is 0 Å². The summed E-state index contributed by atoms with van der Waals surface area (Å²) in [6, 6.07) is 44.7. The number of benzene rings is 6. The number of halogens is 1. The molecule has 0 bridgehead atoms. The second kappa shape index (κ2) is 7.84. The van der Waals surface area contributed by atoms with Crippen LogP contribution < -0.4 is 0 Å². The van der Waals surface area contributed by atoms with E-state index >= 15 is 0 Å². The van der Waals surface area contributed by atoms with E-state index in [4.69, 9.17) is 4.42 Å². The SMILES string of the molecule is Cc1ccc2c(c1)C1(c3cc(Br)ccc3-c3ccccc3-2)c2ccccc2-c2c1ccc1oc3ccccc3c21. The summed E-state index contributed by atoms with van der Waals surface area (Å²) in [6.07, 6.45) is 0. The third-order valence-corrected chi connectivity index (χ3v) is 9.51. The topological polar surface area (TPSA) is 13.1 Å². The van der Waals surface area contributed by atoms with Gasteiger partial charge in [0, 0.05) is 15.2 Å². The van der Waals surface area contributed by atoms with E-state index in [0.717, 1.165) is 21.0 Å². The first-order valence-corrected chi connectivity index (χ1v) is 14.5. The monoisotopic (exact) mass is 574 g/mol. The Kier molecular flexibility index (Phi) is 4.39. The van der Waals surface area contributed by atoms with Gasteiger partial charge in [-0.15, -0.1) is 0 Å². The van der Waals surface area contributed by atoms with E-state index in [2.05, 4.69) is 144 Å². The Labute approximate surface area is 240 Å². The molecule has 2 aliphatic rings. The van der Waals surface area contributed by atoms with Gasteiger partial charge in [-0.25, -0.2) is 0 Å². The quantitative estimate of drug-likeness (QED) is 0.175. The molecule has 1 spiro atoms. The van der Waals surface area contributed by atoms with Crippen LogP contribution in [0.5, 0.6) is 0 Å². The fraction of sp³-hybridized carbons (Fsp3) is 0.0526. The second-order valence-electron chi connectivity index (χ2n) is 11.0. The molecule has 0 radical (unpaired) electrons. The van der Waals surface area contributed by atoms with Crippen LogP contribution in [0.15, 0.2) is 130 Å². The zero-order valence-electron chi connectivity index (χ0n) is 21.8. The first kappa shape index (κ1) is 22.4. The van der Waals surface area contributed by atoms with E-state index in [1.807, 2.05) is 0 Å². The fourth-order valence-corrected chi connectivity index (χ4v) is 7.89. The van der Waals surface area contributed by atoms with E-state index in [-0.39, 0.29) is 0 Å². The van der Waals surface area contributed by atoms with Gasteiger partial charge in [0.05, 0.1) is 5.41 Å². The van der Waals surface area contributed by atoms with Crippen LogP contribution in [-0.2, 0) is 5.41 Å². The second-order valence-corrected chi connectivity index (χ2v) is 12.0. The van der Waals surface area contributed by atoms with Gasteiger partial charge in [-0.2, -0.15) is 0 Å². The Balaban J connectivity index is 1.58. The van der Waals surface area contributed by atoms with Gasteiger partial charge in [-0.3, -0.25) is 0 Å². The first-order chi connectivity index (χ1) is 19.7. The molecule has 0 saturated heterocycles. The molecule has 6 aromatic carbocycles. The molecule has 0 amide bonds. The molecule has 0 aliphatic heterocycles. The summed E-state index contributed by atoms with van der Waals surface area (Å²) in [5.41, 5.74) is 15.5. The molecule has 1 nitrogen and oxygen atoms in total. The van der Waals surface area contributed by atoms with Crippen molar-refractivity contribution < 1.29 is 4.42 Å². The predicted molar refractivity (Wildman–Crippen MR) is 168 cm³/mol. The molecule has 188 valence electrons. The molecule has 2 aliphatic carbocycles. The molecule has 1 aromatic heterocycles. The van der Waals surface area contributed by atoms with Crippen LogP contribution in [0.1, 0.15) is 27.8 Å². The predicted octanol–water partition coefficient (Wildman–Crippen LogP) is 10.7. The number of aryl methyl sites for hydroxylation is 1. The minimum atomic E-state index is -0.502. The Hall–Kier alpha value is -4.40. The minimum absolute atomic E-state index is 0.502. The highest BCUT2D eigenvalue weighted by atomic mass is 79.9. The zero-order valence-corrected chi connectivity index (χ0v) is 23.4. The summed E-state index contributed by atoms with van der Waals surface area (Å²) in [5.74, 6) is 0. The third-order valence-electron chi connectivity index (χ3n) is 9.02. The molecule has 0 saturated carbocycles. The van der Waals surface area contributed by atoms with Crippen molar-refractivity contribution in [3.63, 3.8) is 0 Å². The van der Waals surface area contributed by atoms with Crippen molar-refractivity contribution in [1.29, 1.82) is 0 Å². The Morgan fingerprint density at radius 1 is 0.525 bits per heavy atom. The lowest BCUT2D eigenvalue weighted by Crippen LogP contribution is -2.29. The van der Waals surface area contributed by atoms with Gasteiger partial charge in [-0.1, -0.05) is 119 Å². The highest BCUT2D eigenvalue weighted by molar-refractivity contribution is 9.10. The van der Waals surface area contributed by atoms with Crippen LogP contribution in [0.4, 0.5) is 0 Å². The number of hydrogen-bond donors (Lipinski definition) is 0. The van der Waals surface area contributed by atoms with Crippen LogP contribution in [0.3, 0.4) is 0 Å². The largest absolute Gasteiger partial charge is 0.456 e. The first-order valence-electron chi connectivity index (χ1n) is 13.7. The van der Waals surface area contributed by atoms with Crippen molar-refractivity contribution in [1.82, 2.24) is 0 Å². The van der Waals surface area contributed by atoms with Crippen LogP contribution in [0, 0.1) is 6.92 Å². The normalized spacial score (nSPS) is 16.4. The number of rotatable bonds is 0. The summed E-state index contributed by atoms with van der Waals surface area (Å²) in [5, 5.41) is 2.36. The summed E-state index contributed by atoms with van der Waals surface area (Å²) < 4.78 is 7.50. The molecular weight excluding hydrogens is 552 g/mol. The Morgan fingerprint density at radius 2 is 1.20 bits per heavy atom. The molecule has 40 heavy (non-hydrogen) atoms. The van der Waals surface area contributed by atoms with E-state index < -0.39 is 5.41 Å². The van der Waals surface area contributed by atoms with Gasteiger partial charge < -0.3 is 4.42 Å². The maximum Gasteiger partial charge on any atom is 0.136 e. The number of hydrogen-bond acceptors (Lipinski definition) is 1. The van der Waals surface area contributed by atoms with Crippen LogP contribution in [-0.4, -0.2) is 0 Å². The van der Waals surface area contributed by atoms with Crippen molar-refractivity contribution >= 4 is 37.9 Å². The molecule has 2 heteroatoms. The molecule has 1 unspecified atom stereocenters. The van der Waals surface area contributed by atoms with E-state index in [9.17, 15) is 0 Å². The zero-order chi connectivity index (χ0) is 26.6. The Morgan fingerprint density at radius 3 is 2.02 bits per heavy atom. The van der Waals surface area contributed by atoms with Gasteiger partial charge in [0.1, 0.15) is 11.2 Å². The van der Waals surface area contributed by atoms with Gasteiger partial charge in [0.15, 0.2) is 0 Å². The van der Waals surface area contributed by atoms with Crippen molar-refractivity contribution in [2.75, 3.05) is 0 Å². The maximum absolute atomic E-state index is 6.41. The van der Waals surface area contributed by atoms with Gasteiger partial charge in [0.25, 0.3) is 0 Å². The summed E-state index contributed by atoms with van der Waals surface area (Å²) in [7, 11) is 0. The summed E-state index contributed by atoms with van der Waals surface area (Å²) in [6.45, 7) is 2.21. The summed E-state index contributed by atoms with van der Waals surface area (Å²) >= 11 is 3.87. The third kappa shape index (κ3) is 2.67. The average Bonchev–Trinajstić information content (AvgIpc) is 3.48. The number of furan rings is 1. The van der Waals surface area contributed by atoms with Crippen molar-refractivity contribution in [2.24, 2.45) is 0 Å². The van der Waals surface area contributed by atoms with Crippen LogP contribution in [0.25, 0.3) is 55.3 Å².